The van der Waals surface area contributed by atoms with Gasteiger partial charge >= 0.3 is 59.1 Å². The molecular formula is C6H11NNa2O10. The van der Waals surface area contributed by atoms with Gasteiger partial charge in [-0.15, -0.1) is 0 Å². The molecule has 0 aromatic carbocycles. The summed E-state index contributed by atoms with van der Waals surface area (Å²) in [5, 5.41) is 68.2. The quantitative estimate of drug-likeness (QED) is 0.184. The van der Waals surface area contributed by atoms with Crippen LogP contribution in [0.3, 0.4) is 0 Å². The number of rotatable bonds is 5. The third-order valence-electron chi connectivity index (χ3n) is 1.50. The van der Waals surface area contributed by atoms with Gasteiger partial charge in [0.15, 0.2) is 0 Å². The molecule has 0 aliphatic heterocycles. The van der Waals surface area contributed by atoms with E-state index in [0.717, 1.165) is 0 Å². The number of aliphatic hydroxyl groups excluding tert-OH is 5. The molecule has 0 aromatic rings. The molecule has 0 saturated carbocycles. The second kappa shape index (κ2) is 14.9. The minimum atomic E-state index is -2.31. The zero-order chi connectivity index (χ0) is 14.2. The van der Waals surface area contributed by atoms with Crippen LogP contribution in [-0.4, -0.2) is 67.6 Å². The van der Waals surface area contributed by atoms with Gasteiger partial charge in [0.1, 0.15) is 24.4 Å². The van der Waals surface area contributed by atoms with Gasteiger partial charge in [0, 0.05) is 0 Å². The van der Waals surface area contributed by atoms with Gasteiger partial charge in [-0.05, 0) is 0 Å². The van der Waals surface area contributed by atoms with Crippen LogP contribution in [0.1, 0.15) is 0 Å². The van der Waals surface area contributed by atoms with Crippen LogP contribution in [0.15, 0.2) is 0 Å². The van der Waals surface area contributed by atoms with Crippen molar-refractivity contribution in [1.82, 2.24) is 0 Å². The Morgan fingerprint density at radius 2 is 1.37 bits per heavy atom. The molecule has 0 bridgehead atoms. The largest absolute Gasteiger partial charge is 1.00 e. The number of nitrogens with zero attached hydrogens (tertiary/aromatic N) is 1. The Labute approximate surface area is 151 Å². The molecule has 102 valence electrons. The zero-order valence-electron chi connectivity index (χ0n) is 10.2. The van der Waals surface area contributed by atoms with Crippen molar-refractivity contribution in [3.05, 3.63) is 15.3 Å². The van der Waals surface area contributed by atoms with Crippen molar-refractivity contribution >= 4 is 5.97 Å². The van der Waals surface area contributed by atoms with Crippen molar-refractivity contribution in [2.24, 2.45) is 0 Å². The molecule has 4 unspecified atom stereocenters. The molecule has 0 aromatic heterocycles. The normalized spacial score (nSPS) is 15.2. The van der Waals surface area contributed by atoms with Gasteiger partial charge in [-0.1, -0.05) is 0 Å². The van der Waals surface area contributed by atoms with Gasteiger partial charge < -0.3 is 50.8 Å². The van der Waals surface area contributed by atoms with Gasteiger partial charge in [-0.25, -0.2) is 0 Å². The van der Waals surface area contributed by atoms with Crippen molar-refractivity contribution in [2.75, 3.05) is 6.61 Å². The summed E-state index contributed by atoms with van der Waals surface area (Å²) in [5.74, 6) is -1.98. The van der Waals surface area contributed by atoms with Gasteiger partial charge in [-0.2, -0.15) is 0 Å². The summed E-state index contributed by atoms with van der Waals surface area (Å²) in [5.41, 5.74) is 0. The van der Waals surface area contributed by atoms with Crippen LogP contribution in [-0.2, 0) is 4.79 Å². The number of carbonyl (C=O) groups is 1. The standard InChI is InChI=1S/C6H12O7.NO3.2Na/c7-1-2(8)3(9)4(10)5(11)6(12)13;2-1(3)4;;/h2-5,7-11H,1H2,(H,12,13);;;/q;-1;2*+1/p-1. The summed E-state index contributed by atoms with van der Waals surface area (Å²) in [4.78, 5) is 18.2. The Morgan fingerprint density at radius 1 is 1.05 bits per heavy atom. The maximum atomic E-state index is 9.98. The van der Waals surface area contributed by atoms with Crippen LogP contribution in [0.4, 0.5) is 0 Å². The first-order valence-corrected chi connectivity index (χ1v) is 4.00. The fourth-order valence-electron chi connectivity index (χ4n) is 0.662. The Bertz CT molecular complexity index is 250. The summed E-state index contributed by atoms with van der Waals surface area (Å²) in [6.07, 6.45) is -8.08. The number of aliphatic carboxylic acids is 1. The fourth-order valence-corrected chi connectivity index (χ4v) is 0.662. The summed E-state index contributed by atoms with van der Waals surface area (Å²) in [6, 6.07) is 0. The van der Waals surface area contributed by atoms with Crippen LogP contribution in [0.25, 0.3) is 0 Å². The third-order valence-corrected chi connectivity index (χ3v) is 1.50. The van der Waals surface area contributed by atoms with E-state index >= 15 is 0 Å². The Morgan fingerprint density at radius 3 is 1.58 bits per heavy atom. The monoisotopic (exact) mass is 303 g/mol. The van der Waals surface area contributed by atoms with E-state index in [9.17, 15) is 9.90 Å². The minimum Gasteiger partial charge on any atom is -0.547 e. The Kier molecular flexibility index (Phi) is 21.7. The molecule has 11 nitrogen and oxygen atoms in total. The molecular weight excluding hydrogens is 292 g/mol. The first-order valence-electron chi connectivity index (χ1n) is 4.00. The maximum absolute atomic E-state index is 9.98. The number of aliphatic hydroxyl groups is 5. The summed E-state index contributed by atoms with van der Waals surface area (Å²) >= 11 is 0. The van der Waals surface area contributed by atoms with Gasteiger partial charge in [0.25, 0.3) is 0 Å². The predicted octanol–water partition coefficient (Wildman–Crippen LogP) is -11.1. The molecule has 0 aliphatic carbocycles. The number of hydrogen-bond donors (Lipinski definition) is 5. The van der Waals surface area contributed by atoms with Crippen LogP contribution in [0.2, 0.25) is 0 Å². The number of carboxylic acid groups (broad SMARTS) is 1. The SMILES string of the molecule is O=C([O-])C(O)C(O)C(O)C(O)CO.O=[N+]([O-])[O-].[Na+].[Na+]. The average molecular weight is 303 g/mol. The molecule has 0 spiro atoms. The molecule has 0 rings (SSSR count). The molecule has 0 aliphatic rings. The maximum Gasteiger partial charge on any atom is 1.00 e. The van der Waals surface area contributed by atoms with Crippen molar-refractivity contribution in [3.8, 4) is 0 Å². The molecule has 0 amide bonds. The van der Waals surface area contributed by atoms with Gasteiger partial charge in [-0.3, -0.25) is 0 Å². The van der Waals surface area contributed by atoms with E-state index in [4.69, 9.17) is 40.9 Å². The zero-order valence-corrected chi connectivity index (χ0v) is 14.2. The molecule has 0 fully saturated rings. The number of carboxylic acids is 1. The van der Waals surface area contributed by atoms with Crippen molar-refractivity contribution < 1.29 is 99.6 Å². The van der Waals surface area contributed by atoms with Gasteiger partial charge in [0.2, 0.25) is 0 Å². The fraction of sp³-hybridized carbons (Fsp3) is 0.833. The van der Waals surface area contributed by atoms with Crippen LogP contribution < -0.4 is 64.2 Å². The van der Waals surface area contributed by atoms with Crippen LogP contribution in [0, 0.1) is 15.3 Å². The van der Waals surface area contributed by atoms with E-state index in [2.05, 4.69) is 0 Å². The summed E-state index contributed by atoms with van der Waals surface area (Å²) in [6.45, 7) is -0.863. The smallest absolute Gasteiger partial charge is 0.547 e. The van der Waals surface area contributed by atoms with E-state index < -0.39 is 42.1 Å². The first-order chi connectivity index (χ1) is 7.64. The van der Waals surface area contributed by atoms with E-state index in [-0.39, 0.29) is 59.1 Å². The molecule has 0 heterocycles. The van der Waals surface area contributed by atoms with E-state index in [1.54, 1.807) is 0 Å². The molecule has 5 N–H and O–H groups in total. The Balaban J connectivity index is -0.000000165. The average Bonchev–Trinajstić information content (AvgIpc) is 2.23. The molecule has 4 atom stereocenters. The molecule has 13 heteroatoms. The second-order valence-corrected chi connectivity index (χ2v) is 2.72. The number of carbonyl (C=O) groups excluding carboxylic acids is 1. The van der Waals surface area contributed by atoms with E-state index in [1.807, 2.05) is 0 Å². The first kappa shape index (κ1) is 27.8. The van der Waals surface area contributed by atoms with E-state index in [0.29, 0.717) is 0 Å². The second-order valence-electron chi connectivity index (χ2n) is 2.72. The summed E-state index contributed by atoms with van der Waals surface area (Å²) < 4.78 is 0. The molecule has 19 heavy (non-hydrogen) atoms. The van der Waals surface area contributed by atoms with E-state index in [1.165, 1.54) is 0 Å². The number of hydrogen-bond acceptors (Lipinski definition) is 10. The molecule has 0 radical (unpaired) electrons. The minimum absolute atomic E-state index is 0. The van der Waals surface area contributed by atoms with Crippen LogP contribution in [0.5, 0.6) is 0 Å². The third kappa shape index (κ3) is 14.7. The van der Waals surface area contributed by atoms with Crippen LogP contribution >= 0.6 is 0 Å². The van der Waals surface area contributed by atoms with Crippen molar-refractivity contribution in [3.63, 3.8) is 0 Å². The van der Waals surface area contributed by atoms with Crippen molar-refractivity contribution in [1.29, 1.82) is 0 Å². The Hall–Kier alpha value is 0.470. The topological polar surface area (TPSA) is 207 Å². The van der Waals surface area contributed by atoms with Gasteiger partial charge in [0.05, 0.1) is 17.7 Å². The summed E-state index contributed by atoms with van der Waals surface area (Å²) in [7, 11) is 0. The van der Waals surface area contributed by atoms with Crippen molar-refractivity contribution in [2.45, 2.75) is 24.4 Å². The predicted molar refractivity (Wildman–Crippen MR) is 46.5 cm³/mol. The molecule has 0 saturated heterocycles.